The first kappa shape index (κ1) is 9.64. The highest BCUT2D eigenvalue weighted by molar-refractivity contribution is 5.71. The van der Waals surface area contributed by atoms with Gasteiger partial charge in [0.25, 0.3) is 0 Å². The molecule has 2 aromatic heterocycles. The van der Waals surface area contributed by atoms with E-state index >= 15 is 0 Å². The predicted octanol–water partition coefficient (Wildman–Crippen LogP) is 0.985. The molecular formula is C10H11N3O2. The van der Waals surface area contributed by atoms with E-state index in [1.807, 2.05) is 23.7 Å². The lowest BCUT2D eigenvalue weighted by Crippen LogP contribution is -2.03. The second kappa shape index (κ2) is 3.68. The van der Waals surface area contributed by atoms with Crippen LogP contribution in [0.3, 0.4) is 0 Å². The minimum atomic E-state index is -0.810. The lowest BCUT2D eigenvalue weighted by Gasteiger charge is -1.99. The Morgan fingerprint density at radius 1 is 1.60 bits per heavy atom. The Morgan fingerprint density at radius 2 is 2.40 bits per heavy atom. The van der Waals surface area contributed by atoms with Crippen molar-refractivity contribution in [2.75, 3.05) is 0 Å². The summed E-state index contributed by atoms with van der Waals surface area (Å²) in [6, 6.07) is 3.75. The summed E-state index contributed by atoms with van der Waals surface area (Å²) >= 11 is 0. The van der Waals surface area contributed by atoms with Crippen molar-refractivity contribution < 1.29 is 9.90 Å². The van der Waals surface area contributed by atoms with Gasteiger partial charge in [0, 0.05) is 19.7 Å². The fourth-order valence-corrected chi connectivity index (χ4v) is 1.52. The topological polar surface area (TPSA) is 68.0 Å². The minimum Gasteiger partial charge on any atom is -0.481 e. The maximum Gasteiger partial charge on any atom is 0.303 e. The Hall–Kier alpha value is -1.91. The first-order chi connectivity index (χ1) is 7.18. The molecule has 5 nitrogen and oxygen atoms in total. The van der Waals surface area contributed by atoms with Gasteiger partial charge in [-0.2, -0.15) is 0 Å². The third kappa shape index (κ3) is 1.81. The van der Waals surface area contributed by atoms with Crippen LogP contribution in [0.15, 0.2) is 18.3 Å². The number of rotatable bonds is 3. The molecule has 2 aromatic rings. The van der Waals surface area contributed by atoms with E-state index in [1.54, 1.807) is 6.20 Å². The molecule has 0 radical (unpaired) electrons. The Morgan fingerprint density at radius 3 is 3.07 bits per heavy atom. The van der Waals surface area contributed by atoms with Crippen LogP contribution in [0.2, 0.25) is 0 Å². The highest BCUT2D eigenvalue weighted by Gasteiger charge is 2.09. The Bertz CT molecular complexity index is 504. The lowest BCUT2D eigenvalue weighted by atomic mass is 10.3. The van der Waals surface area contributed by atoms with E-state index < -0.39 is 5.97 Å². The summed E-state index contributed by atoms with van der Waals surface area (Å²) < 4.78 is 1.88. The molecule has 78 valence electrons. The normalized spacial score (nSPS) is 10.7. The van der Waals surface area contributed by atoms with E-state index in [0.29, 0.717) is 12.1 Å². The molecule has 0 amide bonds. The molecule has 0 bridgehead atoms. The average Bonchev–Trinajstić information content (AvgIpc) is 2.54. The molecule has 2 heterocycles. The molecule has 0 aromatic carbocycles. The second-order valence-electron chi connectivity index (χ2n) is 3.33. The Labute approximate surface area is 86.4 Å². The average molecular weight is 205 g/mol. The van der Waals surface area contributed by atoms with E-state index in [0.717, 1.165) is 11.3 Å². The molecule has 2 rings (SSSR count). The number of aromatic nitrogens is 3. The highest BCUT2D eigenvalue weighted by Crippen LogP contribution is 2.12. The van der Waals surface area contributed by atoms with Gasteiger partial charge in [-0.1, -0.05) is 0 Å². The van der Waals surface area contributed by atoms with E-state index in [1.165, 1.54) is 0 Å². The summed E-state index contributed by atoms with van der Waals surface area (Å²) in [5, 5.41) is 8.59. The first-order valence-electron chi connectivity index (χ1n) is 4.66. The number of hydrogen-bond acceptors (Lipinski definition) is 3. The fraction of sp³-hybridized carbons (Fsp3) is 0.300. The fourth-order valence-electron chi connectivity index (χ4n) is 1.52. The van der Waals surface area contributed by atoms with Gasteiger partial charge in [-0.05, 0) is 12.1 Å². The third-order valence-corrected chi connectivity index (χ3v) is 2.31. The first-order valence-corrected chi connectivity index (χ1v) is 4.66. The van der Waals surface area contributed by atoms with Crippen molar-refractivity contribution in [3.63, 3.8) is 0 Å². The van der Waals surface area contributed by atoms with E-state index in [4.69, 9.17) is 5.11 Å². The van der Waals surface area contributed by atoms with Crippen molar-refractivity contribution in [3.8, 4) is 0 Å². The minimum absolute atomic E-state index is 0.0944. The molecule has 0 unspecified atom stereocenters. The number of pyridine rings is 1. The lowest BCUT2D eigenvalue weighted by molar-refractivity contribution is -0.137. The molecule has 0 aliphatic carbocycles. The third-order valence-electron chi connectivity index (χ3n) is 2.31. The molecule has 0 aliphatic rings. The van der Waals surface area contributed by atoms with Crippen molar-refractivity contribution in [1.82, 2.24) is 14.5 Å². The molecule has 0 saturated carbocycles. The van der Waals surface area contributed by atoms with Gasteiger partial charge in [-0.15, -0.1) is 0 Å². The molecule has 0 fully saturated rings. The van der Waals surface area contributed by atoms with Crippen LogP contribution >= 0.6 is 0 Å². The van der Waals surface area contributed by atoms with Gasteiger partial charge in [0.05, 0.1) is 11.9 Å². The van der Waals surface area contributed by atoms with Gasteiger partial charge in [0.1, 0.15) is 5.82 Å². The van der Waals surface area contributed by atoms with Crippen LogP contribution in [0.1, 0.15) is 12.2 Å². The number of carboxylic acids is 1. The summed E-state index contributed by atoms with van der Waals surface area (Å²) in [4.78, 5) is 18.8. The molecule has 0 spiro atoms. The van der Waals surface area contributed by atoms with Crippen LogP contribution in [-0.2, 0) is 18.3 Å². The van der Waals surface area contributed by atoms with Crippen LogP contribution in [0.5, 0.6) is 0 Å². The van der Waals surface area contributed by atoms with Crippen molar-refractivity contribution in [2.45, 2.75) is 12.8 Å². The van der Waals surface area contributed by atoms with Gasteiger partial charge in [-0.3, -0.25) is 4.79 Å². The molecule has 1 N–H and O–H groups in total. The van der Waals surface area contributed by atoms with Gasteiger partial charge in [0.15, 0.2) is 5.65 Å². The Kier molecular flexibility index (Phi) is 2.37. The van der Waals surface area contributed by atoms with Crippen LogP contribution in [0.25, 0.3) is 11.2 Å². The number of fused-ring (bicyclic) bond motifs is 1. The maximum atomic E-state index is 10.4. The number of aryl methyl sites for hydroxylation is 2. The zero-order chi connectivity index (χ0) is 10.8. The molecule has 0 aliphatic heterocycles. The van der Waals surface area contributed by atoms with Crippen molar-refractivity contribution in [2.24, 2.45) is 7.05 Å². The number of nitrogens with zero attached hydrogens (tertiary/aromatic N) is 3. The number of carbonyl (C=O) groups is 1. The van der Waals surface area contributed by atoms with Gasteiger partial charge < -0.3 is 9.67 Å². The molecule has 5 heteroatoms. The van der Waals surface area contributed by atoms with Crippen molar-refractivity contribution >= 4 is 17.1 Å². The van der Waals surface area contributed by atoms with E-state index in [2.05, 4.69) is 9.97 Å². The van der Waals surface area contributed by atoms with Gasteiger partial charge in [0.2, 0.25) is 0 Å². The maximum absolute atomic E-state index is 10.4. The van der Waals surface area contributed by atoms with E-state index in [9.17, 15) is 4.79 Å². The number of carboxylic acid groups (broad SMARTS) is 1. The van der Waals surface area contributed by atoms with Crippen LogP contribution in [0, 0.1) is 0 Å². The van der Waals surface area contributed by atoms with Gasteiger partial charge >= 0.3 is 5.97 Å². The predicted molar refractivity (Wildman–Crippen MR) is 54.5 cm³/mol. The van der Waals surface area contributed by atoms with Crippen molar-refractivity contribution in [1.29, 1.82) is 0 Å². The SMILES string of the molecule is Cn1c(CCC(=O)O)nc2ncccc21. The number of imidazole rings is 1. The van der Waals surface area contributed by atoms with E-state index in [-0.39, 0.29) is 6.42 Å². The zero-order valence-electron chi connectivity index (χ0n) is 8.34. The summed E-state index contributed by atoms with van der Waals surface area (Å²) in [5.74, 6) is -0.0545. The Balaban J connectivity index is 2.36. The number of hydrogen-bond donors (Lipinski definition) is 1. The smallest absolute Gasteiger partial charge is 0.303 e. The summed E-state index contributed by atoms with van der Waals surface area (Å²) in [6.07, 6.45) is 2.20. The monoisotopic (exact) mass is 205 g/mol. The van der Waals surface area contributed by atoms with Crippen molar-refractivity contribution in [3.05, 3.63) is 24.2 Å². The van der Waals surface area contributed by atoms with Crippen LogP contribution in [-0.4, -0.2) is 25.6 Å². The van der Waals surface area contributed by atoms with Crippen LogP contribution < -0.4 is 0 Å². The zero-order valence-corrected chi connectivity index (χ0v) is 8.34. The summed E-state index contributed by atoms with van der Waals surface area (Å²) in [5.41, 5.74) is 1.60. The standard InChI is InChI=1S/C10H11N3O2/c1-13-7-3-2-6-11-10(7)12-8(13)4-5-9(14)15/h2-3,6H,4-5H2,1H3,(H,14,15). The van der Waals surface area contributed by atoms with Gasteiger partial charge in [-0.25, -0.2) is 9.97 Å². The number of aliphatic carboxylic acids is 1. The van der Waals surface area contributed by atoms with Crippen LogP contribution in [0.4, 0.5) is 0 Å². The molecule has 15 heavy (non-hydrogen) atoms. The second-order valence-corrected chi connectivity index (χ2v) is 3.33. The highest BCUT2D eigenvalue weighted by atomic mass is 16.4. The largest absolute Gasteiger partial charge is 0.481 e. The summed E-state index contributed by atoms with van der Waals surface area (Å²) in [6.45, 7) is 0. The molecule has 0 saturated heterocycles. The molecular weight excluding hydrogens is 194 g/mol. The summed E-state index contributed by atoms with van der Waals surface area (Å²) in [7, 11) is 1.87. The quantitative estimate of drug-likeness (QED) is 0.811. The molecule has 0 atom stereocenters.